The Kier molecular flexibility index (Phi) is 6.89. The summed E-state index contributed by atoms with van der Waals surface area (Å²) in [5.41, 5.74) is 0.871. The normalized spacial score (nSPS) is 10.5. The molecule has 1 rings (SSSR count). The summed E-state index contributed by atoms with van der Waals surface area (Å²) in [7, 11) is 1.75. The molecule has 1 aromatic heterocycles. The SMILES string of the molecule is CC(C)COCCNC(=O)N(C)Cc1ccccn1. The van der Waals surface area contributed by atoms with Gasteiger partial charge in [0.05, 0.1) is 18.8 Å². The van der Waals surface area contributed by atoms with E-state index in [-0.39, 0.29) is 6.03 Å². The van der Waals surface area contributed by atoms with Gasteiger partial charge in [-0.1, -0.05) is 19.9 Å². The number of hydrogen-bond donors (Lipinski definition) is 1. The van der Waals surface area contributed by atoms with Crippen LogP contribution in [0.1, 0.15) is 19.5 Å². The van der Waals surface area contributed by atoms with Gasteiger partial charge in [-0.2, -0.15) is 0 Å². The van der Waals surface area contributed by atoms with E-state index in [2.05, 4.69) is 24.1 Å². The molecule has 0 spiro atoms. The lowest BCUT2D eigenvalue weighted by Crippen LogP contribution is -2.38. The Hall–Kier alpha value is -1.62. The Morgan fingerprint density at radius 3 is 2.89 bits per heavy atom. The molecule has 1 heterocycles. The number of carbonyl (C=O) groups is 1. The van der Waals surface area contributed by atoms with Crippen LogP contribution in [0.5, 0.6) is 0 Å². The van der Waals surface area contributed by atoms with Crippen LogP contribution < -0.4 is 5.32 Å². The molecule has 0 bridgehead atoms. The number of amides is 2. The van der Waals surface area contributed by atoms with E-state index in [1.165, 1.54) is 0 Å². The second-order valence-electron chi connectivity index (χ2n) is 4.88. The third-order valence-electron chi connectivity index (χ3n) is 2.45. The monoisotopic (exact) mass is 265 g/mol. The van der Waals surface area contributed by atoms with Crippen LogP contribution in [-0.2, 0) is 11.3 Å². The largest absolute Gasteiger partial charge is 0.379 e. The topological polar surface area (TPSA) is 54.5 Å². The summed E-state index contributed by atoms with van der Waals surface area (Å²) in [6.45, 7) is 6.48. The number of nitrogens with one attached hydrogen (secondary N) is 1. The summed E-state index contributed by atoms with van der Waals surface area (Å²) in [6.07, 6.45) is 1.72. The summed E-state index contributed by atoms with van der Waals surface area (Å²) < 4.78 is 5.40. The maximum Gasteiger partial charge on any atom is 0.317 e. The van der Waals surface area contributed by atoms with Gasteiger partial charge in [0.25, 0.3) is 0 Å². The van der Waals surface area contributed by atoms with Crippen LogP contribution in [0.25, 0.3) is 0 Å². The van der Waals surface area contributed by atoms with Gasteiger partial charge in [-0.15, -0.1) is 0 Å². The molecule has 0 atom stereocenters. The third kappa shape index (κ3) is 6.76. The van der Waals surface area contributed by atoms with Crippen molar-refractivity contribution in [2.24, 2.45) is 5.92 Å². The van der Waals surface area contributed by atoms with Crippen molar-refractivity contribution in [2.75, 3.05) is 26.8 Å². The Morgan fingerprint density at radius 1 is 1.47 bits per heavy atom. The fourth-order valence-electron chi connectivity index (χ4n) is 1.49. The summed E-state index contributed by atoms with van der Waals surface area (Å²) in [5.74, 6) is 0.516. The minimum atomic E-state index is -0.112. The van der Waals surface area contributed by atoms with Crippen molar-refractivity contribution >= 4 is 6.03 Å². The van der Waals surface area contributed by atoms with E-state index >= 15 is 0 Å². The molecule has 106 valence electrons. The molecule has 1 N–H and O–H groups in total. The summed E-state index contributed by atoms with van der Waals surface area (Å²) in [4.78, 5) is 17.6. The van der Waals surface area contributed by atoms with E-state index in [0.717, 1.165) is 12.3 Å². The molecule has 1 aromatic rings. The van der Waals surface area contributed by atoms with Gasteiger partial charge in [0.1, 0.15) is 0 Å². The molecular formula is C14H23N3O2. The predicted molar refractivity (Wildman–Crippen MR) is 74.8 cm³/mol. The van der Waals surface area contributed by atoms with E-state index in [1.807, 2.05) is 18.2 Å². The van der Waals surface area contributed by atoms with Gasteiger partial charge in [0.2, 0.25) is 0 Å². The molecule has 19 heavy (non-hydrogen) atoms. The Labute approximate surface area is 115 Å². The Bertz CT molecular complexity index is 368. The van der Waals surface area contributed by atoms with Crippen LogP contribution in [0, 0.1) is 5.92 Å². The first kappa shape index (κ1) is 15.4. The van der Waals surface area contributed by atoms with Gasteiger partial charge < -0.3 is 15.0 Å². The first-order valence-corrected chi connectivity index (χ1v) is 6.56. The predicted octanol–water partition coefficient (Wildman–Crippen LogP) is 1.90. The average molecular weight is 265 g/mol. The molecule has 5 heteroatoms. The van der Waals surface area contributed by atoms with Gasteiger partial charge >= 0.3 is 6.03 Å². The van der Waals surface area contributed by atoms with Crippen molar-refractivity contribution in [2.45, 2.75) is 20.4 Å². The lowest BCUT2D eigenvalue weighted by atomic mass is 10.2. The van der Waals surface area contributed by atoms with Crippen molar-refractivity contribution in [1.82, 2.24) is 15.2 Å². The molecule has 2 amide bonds. The lowest BCUT2D eigenvalue weighted by Gasteiger charge is -2.17. The molecule has 0 aliphatic carbocycles. The maximum atomic E-state index is 11.8. The number of ether oxygens (including phenoxy) is 1. The zero-order chi connectivity index (χ0) is 14.1. The van der Waals surface area contributed by atoms with Crippen molar-refractivity contribution in [3.8, 4) is 0 Å². The third-order valence-corrected chi connectivity index (χ3v) is 2.45. The molecule has 0 unspecified atom stereocenters. The van der Waals surface area contributed by atoms with Crippen molar-refractivity contribution in [3.63, 3.8) is 0 Å². The van der Waals surface area contributed by atoms with Gasteiger partial charge in [0.15, 0.2) is 0 Å². The number of rotatable bonds is 7. The van der Waals surface area contributed by atoms with E-state index < -0.39 is 0 Å². The Morgan fingerprint density at radius 2 is 2.26 bits per heavy atom. The molecule has 0 fully saturated rings. The van der Waals surface area contributed by atoms with Gasteiger partial charge in [-0.25, -0.2) is 4.79 Å². The number of carbonyl (C=O) groups excluding carboxylic acids is 1. The molecular weight excluding hydrogens is 242 g/mol. The van der Waals surface area contributed by atoms with Gasteiger partial charge in [-0.3, -0.25) is 4.98 Å². The maximum absolute atomic E-state index is 11.8. The summed E-state index contributed by atoms with van der Waals surface area (Å²) in [6, 6.07) is 5.55. The quantitative estimate of drug-likeness (QED) is 0.766. The molecule has 0 aliphatic rings. The highest BCUT2D eigenvalue weighted by atomic mass is 16.5. The van der Waals surface area contributed by atoms with Crippen LogP contribution in [0.4, 0.5) is 4.79 Å². The second-order valence-corrected chi connectivity index (χ2v) is 4.88. The van der Waals surface area contributed by atoms with Crippen molar-refractivity contribution < 1.29 is 9.53 Å². The van der Waals surface area contributed by atoms with E-state index in [9.17, 15) is 4.79 Å². The van der Waals surface area contributed by atoms with E-state index in [4.69, 9.17) is 4.74 Å². The molecule has 0 saturated carbocycles. The van der Waals surface area contributed by atoms with E-state index in [1.54, 1.807) is 18.1 Å². The van der Waals surface area contributed by atoms with E-state index in [0.29, 0.717) is 25.6 Å². The highest BCUT2D eigenvalue weighted by Crippen LogP contribution is 1.98. The first-order chi connectivity index (χ1) is 9.09. The number of urea groups is 1. The molecule has 0 aromatic carbocycles. The lowest BCUT2D eigenvalue weighted by molar-refractivity contribution is 0.111. The average Bonchev–Trinajstić information content (AvgIpc) is 2.38. The van der Waals surface area contributed by atoms with Gasteiger partial charge in [0, 0.05) is 26.4 Å². The number of pyridine rings is 1. The first-order valence-electron chi connectivity index (χ1n) is 6.56. The molecule has 5 nitrogen and oxygen atoms in total. The zero-order valence-corrected chi connectivity index (χ0v) is 11.9. The number of aromatic nitrogens is 1. The minimum absolute atomic E-state index is 0.112. The standard InChI is InChI=1S/C14H23N3O2/c1-12(2)11-19-9-8-16-14(18)17(3)10-13-6-4-5-7-15-13/h4-7,12H,8-11H2,1-3H3,(H,16,18). The highest BCUT2D eigenvalue weighted by Gasteiger charge is 2.08. The molecule has 0 saturated heterocycles. The van der Waals surface area contributed by atoms with Crippen LogP contribution in [-0.4, -0.2) is 42.7 Å². The van der Waals surface area contributed by atoms with Crippen LogP contribution >= 0.6 is 0 Å². The van der Waals surface area contributed by atoms with Gasteiger partial charge in [-0.05, 0) is 18.1 Å². The highest BCUT2D eigenvalue weighted by molar-refractivity contribution is 5.73. The Balaban J connectivity index is 2.18. The van der Waals surface area contributed by atoms with Crippen LogP contribution in [0.15, 0.2) is 24.4 Å². The molecule has 0 radical (unpaired) electrons. The van der Waals surface area contributed by atoms with Crippen molar-refractivity contribution in [3.05, 3.63) is 30.1 Å². The number of hydrogen-bond acceptors (Lipinski definition) is 3. The minimum Gasteiger partial charge on any atom is -0.379 e. The summed E-state index contributed by atoms with van der Waals surface area (Å²) >= 11 is 0. The number of nitrogens with zero attached hydrogens (tertiary/aromatic N) is 2. The van der Waals surface area contributed by atoms with Crippen LogP contribution in [0.3, 0.4) is 0 Å². The second kappa shape index (κ2) is 8.48. The summed E-state index contributed by atoms with van der Waals surface area (Å²) in [5, 5.41) is 2.81. The fraction of sp³-hybridized carbons (Fsp3) is 0.571. The molecule has 0 aliphatic heterocycles. The smallest absolute Gasteiger partial charge is 0.317 e. The zero-order valence-electron chi connectivity index (χ0n) is 11.9. The van der Waals surface area contributed by atoms with Crippen LogP contribution in [0.2, 0.25) is 0 Å². The van der Waals surface area contributed by atoms with Crippen molar-refractivity contribution in [1.29, 1.82) is 0 Å². The fourth-order valence-corrected chi connectivity index (χ4v) is 1.49.